The summed E-state index contributed by atoms with van der Waals surface area (Å²) in [6.45, 7) is 4.46. The highest BCUT2D eigenvalue weighted by molar-refractivity contribution is 7.57. The van der Waals surface area contributed by atoms with E-state index in [0.717, 1.165) is 0 Å². The topological polar surface area (TPSA) is 117 Å². The highest BCUT2D eigenvalue weighted by atomic mass is 31.2. The summed E-state index contributed by atoms with van der Waals surface area (Å²) < 4.78 is 34.3. The normalized spacial score (nSPS) is 12.5. The molecule has 0 spiro atoms. The number of hydrogen-bond acceptors (Lipinski definition) is 8. The number of rotatable bonds is 13. The molecule has 0 aliphatic rings. The molecule has 0 bridgehead atoms. The van der Waals surface area contributed by atoms with Crippen LogP contribution >= 0.6 is 7.60 Å². The molecule has 2 aromatic carbocycles. The highest BCUT2D eigenvalue weighted by Crippen LogP contribution is 2.54. The monoisotopic (exact) mass is 503 g/mol. The molecule has 0 radical (unpaired) electrons. The molecule has 0 aromatic heterocycles. The summed E-state index contributed by atoms with van der Waals surface area (Å²) in [4.78, 5) is 39.5. The van der Waals surface area contributed by atoms with Crippen molar-refractivity contribution in [1.82, 2.24) is 5.32 Å². The Hall–Kier alpha value is -3.26. The summed E-state index contributed by atoms with van der Waals surface area (Å²) in [6, 6.07) is 14.9. The van der Waals surface area contributed by atoms with Crippen LogP contribution in [-0.2, 0) is 27.9 Å². The van der Waals surface area contributed by atoms with Crippen LogP contribution in [-0.4, -0.2) is 50.2 Å². The number of methoxy groups -OCH3 is 1. The van der Waals surface area contributed by atoms with Crippen molar-refractivity contribution in [2.45, 2.75) is 26.4 Å². The summed E-state index contributed by atoms with van der Waals surface area (Å²) in [5.74, 6) is -2.04. The number of amides is 1. The number of ether oxygens (including phenoxy) is 2. The molecule has 2 aromatic rings. The molecule has 0 aliphatic heterocycles. The van der Waals surface area contributed by atoms with Crippen LogP contribution < -0.4 is 10.1 Å². The molecule has 35 heavy (non-hydrogen) atoms. The average Bonchev–Trinajstić information content (AvgIpc) is 2.85. The lowest BCUT2D eigenvalue weighted by Gasteiger charge is -2.24. The van der Waals surface area contributed by atoms with E-state index in [-0.39, 0.29) is 31.1 Å². The van der Waals surface area contributed by atoms with Gasteiger partial charge < -0.3 is 23.8 Å². The molecule has 2 rings (SSSR count). The van der Waals surface area contributed by atoms with E-state index in [1.165, 1.54) is 13.2 Å². The highest BCUT2D eigenvalue weighted by Gasteiger charge is 2.49. The number of allylic oxidation sites excluding steroid dienone is 1. The molecule has 0 saturated heterocycles. The van der Waals surface area contributed by atoms with Crippen LogP contribution in [0.25, 0.3) is 6.08 Å². The molecule has 0 heterocycles. The van der Waals surface area contributed by atoms with Crippen molar-refractivity contribution in [3.05, 3.63) is 71.4 Å². The van der Waals surface area contributed by atoms with E-state index < -0.39 is 30.9 Å². The molecule has 1 amide bonds. The van der Waals surface area contributed by atoms with Gasteiger partial charge in [0.25, 0.3) is 5.91 Å². The van der Waals surface area contributed by atoms with E-state index in [9.17, 15) is 18.9 Å². The Kier molecular flexibility index (Phi) is 10.9. The lowest BCUT2D eigenvalue weighted by molar-refractivity contribution is -0.145. The molecule has 9 nitrogen and oxygen atoms in total. The van der Waals surface area contributed by atoms with Crippen LogP contribution in [0.2, 0.25) is 0 Å². The molecule has 1 atom stereocenters. The van der Waals surface area contributed by atoms with Gasteiger partial charge in [-0.05, 0) is 56.7 Å². The maximum Gasteiger partial charge on any atom is 0.352 e. The Morgan fingerprint density at radius 2 is 1.51 bits per heavy atom. The second kappa shape index (κ2) is 13.6. The van der Waals surface area contributed by atoms with Gasteiger partial charge in [0.05, 0.1) is 32.6 Å². The van der Waals surface area contributed by atoms with E-state index in [0.29, 0.717) is 11.3 Å². The van der Waals surface area contributed by atoms with Gasteiger partial charge in [0, 0.05) is 5.56 Å². The molecule has 1 N–H and O–H groups in total. The minimum absolute atomic E-state index is 0.0607. The van der Waals surface area contributed by atoms with E-state index in [1.54, 1.807) is 75.4 Å². The van der Waals surface area contributed by atoms with Crippen LogP contribution in [0.15, 0.2) is 60.3 Å². The molecule has 0 saturated carbocycles. The van der Waals surface area contributed by atoms with Crippen LogP contribution in [0, 0.1) is 0 Å². The van der Waals surface area contributed by atoms with Gasteiger partial charge in [0.2, 0.25) is 11.4 Å². The standard InChI is InChI=1S/C25H30NO8P/c1-5-32-25(29)23(35(30,33-6-2)34-7-3)22(27)21(17-18-13-15-20(31-4)16-14-18)26-24(28)19-11-9-8-10-12-19/h8-17,23H,5-7H2,1-4H3,(H,26,28)/b21-17+. The largest absolute Gasteiger partial charge is 0.497 e. The van der Waals surface area contributed by atoms with Gasteiger partial charge in [0.1, 0.15) is 5.75 Å². The molecular weight excluding hydrogens is 473 g/mol. The van der Waals surface area contributed by atoms with Crippen LogP contribution in [0.5, 0.6) is 5.75 Å². The molecule has 10 heteroatoms. The lowest BCUT2D eigenvalue weighted by Crippen LogP contribution is -2.39. The van der Waals surface area contributed by atoms with Crippen LogP contribution in [0.3, 0.4) is 0 Å². The minimum atomic E-state index is -4.29. The second-order valence-corrected chi connectivity index (χ2v) is 9.16. The second-order valence-electron chi connectivity index (χ2n) is 7.05. The predicted molar refractivity (Wildman–Crippen MR) is 131 cm³/mol. The fourth-order valence-corrected chi connectivity index (χ4v) is 4.97. The van der Waals surface area contributed by atoms with E-state index >= 15 is 0 Å². The van der Waals surface area contributed by atoms with Gasteiger partial charge in [-0.25, -0.2) is 0 Å². The van der Waals surface area contributed by atoms with Crippen molar-refractivity contribution in [3.63, 3.8) is 0 Å². The zero-order valence-electron chi connectivity index (χ0n) is 20.2. The third-order valence-corrected chi connectivity index (χ3v) is 6.98. The van der Waals surface area contributed by atoms with Crippen molar-refractivity contribution in [1.29, 1.82) is 0 Å². The SMILES string of the molecule is CCOC(=O)C(C(=O)/C(=C\c1ccc(OC)cc1)NC(=O)c1ccccc1)P(=O)(OCC)OCC. The smallest absolute Gasteiger partial charge is 0.352 e. The van der Waals surface area contributed by atoms with Gasteiger partial charge in [-0.3, -0.25) is 18.9 Å². The molecular formula is C25H30NO8P. The van der Waals surface area contributed by atoms with E-state index in [1.807, 2.05) is 0 Å². The van der Waals surface area contributed by atoms with Gasteiger partial charge in [-0.15, -0.1) is 0 Å². The average molecular weight is 503 g/mol. The maximum absolute atomic E-state index is 13.7. The quantitative estimate of drug-likeness (QED) is 0.187. The third kappa shape index (κ3) is 7.62. The van der Waals surface area contributed by atoms with Gasteiger partial charge in [-0.1, -0.05) is 30.3 Å². The Bertz CT molecular complexity index is 1070. The van der Waals surface area contributed by atoms with Crippen LogP contribution in [0.4, 0.5) is 0 Å². The van der Waals surface area contributed by atoms with Crippen LogP contribution in [0.1, 0.15) is 36.7 Å². The van der Waals surface area contributed by atoms with Gasteiger partial charge in [0.15, 0.2) is 0 Å². The number of ketones is 1. The molecule has 1 unspecified atom stereocenters. The predicted octanol–water partition coefficient (Wildman–Crippen LogP) is 4.23. The number of hydrogen-bond donors (Lipinski definition) is 1. The maximum atomic E-state index is 13.7. The number of esters is 1. The Labute approximate surface area is 204 Å². The Balaban J connectivity index is 2.59. The first kappa shape index (κ1) is 28.0. The molecule has 188 valence electrons. The van der Waals surface area contributed by atoms with Crippen molar-refractivity contribution >= 4 is 31.3 Å². The van der Waals surface area contributed by atoms with Gasteiger partial charge >= 0.3 is 13.6 Å². The minimum Gasteiger partial charge on any atom is -0.497 e. The van der Waals surface area contributed by atoms with E-state index in [4.69, 9.17) is 18.5 Å². The lowest BCUT2D eigenvalue weighted by atomic mass is 10.1. The first-order valence-electron chi connectivity index (χ1n) is 11.1. The van der Waals surface area contributed by atoms with E-state index in [2.05, 4.69) is 5.32 Å². The van der Waals surface area contributed by atoms with Gasteiger partial charge in [-0.2, -0.15) is 0 Å². The summed E-state index contributed by atoms with van der Waals surface area (Å²) >= 11 is 0. The van der Waals surface area contributed by atoms with Crippen molar-refractivity contribution in [2.75, 3.05) is 26.9 Å². The summed E-state index contributed by atoms with van der Waals surface area (Å²) in [5.41, 5.74) is -1.40. The first-order chi connectivity index (χ1) is 16.8. The van der Waals surface area contributed by atoms with Crippen molar-refractivity contribution in [3.8, 4) is 5.75 Å². The number of nitrogens with one attached hydrogen (secondary N) is 1. The first-order valence-corrected chi connectivity index (χ1v) is 12.7. The van der Waals surface area contributed by atoms with Crippen molar-refractivity contribution in [2.24, 2.45) is 0 Å². The zero-order chi connectivity index (χ0) is 25.8. The fourth-order valence-electron chi connectivity index (χ4n) is 3.11. The Morgan fingerprint density at radius 1 is 0.914 bits per heavy atom. The number of Topliss-reactive ketones (excluding diaryl/α,β-unsaturated/α-hetero) is 1. The Morgan fingerprint density at radius 3 is 2.03 bits per heavy atom. The third-order valence-electron chi connectivity index (χ3n) is 4.67. The zero-order valence-corrected chi connectivity index (χ0v) is 21.1. The number of carbonyl (C=O) groups is 3. The summed E-state index contributed by atoms with van der Waals surface area (Å²) in [5, 5.41) is 2.55. The fraction of sp³-hybridized carbons (Fsp3) is 0.320. The molecule has 0 aliphatic carbocycles. The number of benzene rings is 2. The molecule has 0 fully saturated rings. The summed E-state index contributed by atoms with van der Waals surface area (Å²) in [7, 11) is -2.78. The summed E-state index contributed by atoms with van der Waals surface area (Å²) in [6.07, 6.45) is 1.37. The van der Waals surface area contributed by atoms with Crippen molar-refractivity contribution < 1.29 is 37.5 Å². The number of carbonyl (C=O) groups excluding carboxylic acids is 3.